The van der Waals surface area contributed by atoms with Crippen LogP contribution < -0.4 is 4.74 Å². The molecule has 0 aliphatic carbocycles. The van der Waals surface area contributed by atoms with Crippen LogP contribution in [0.3, 0.4) is 0 Å². The summed E-state index contributed by atoms with van der Waals surface area (Å²) in [5.41, 5.74) is -1.27. The van der Waals surface area contributed by atoms with Gasteiger partial charge in [0.25, 0.3) is 0 Å². The Kier molecular flexibility index (Phi) is 3.28. The molecule has 2 nitrogen and oxygen atoms in total. The van der Waals surface area contributed by atoms with Gasteiger partial charge in [-0.05, 0) is 12.1 Å². The number of Topliss-reactive ketones (excluding diaryl/α,β-unsaturated/α-hetero) is 1. The molecule has 0 aliphatic heterocycles. The minimum Gasteiger partial charge on any atom is -0.494 e. The van der Waals surface area contributed by atoms with E-state index in [-0.39, 0.29) is 0 Å². The van der Waals surface area contributed by atoms with Crippen LogP contribution >= 0.6 is 0 Å². The number of rotatable bonds is 3. The van der Waals surface area contributed by atoms with Crippen LogP contribution in [0.25, 0.3) is 0 Å². The van der Waals surface area contributed by atoms with E-state index in [1.54, 1.807) is 0 Å². The molecule has 0 aromatic heterocycles. The summed E-state index contributed by atoms with van der Waals surface area (Å²) in [7, 11) is 1.08. The number of benzene rings is 1. The number of alkyl halides is 2. The monoisotopic (exact) mass is 222 g/mol. The van der Waals surface area contributed by atoms with E-state index in [1.165, 1.54) is 0 Å². The predicted molar refractivity (Wildman–Crippen MR) is 43.2 cm³/mol. The maximum atomic E-state index is 13.2. The molecule has 0 aliphatic rings. The Bertz CT molecular complexity index is 390. The summed E-state index contributed by atoms with van der Waals surface area (Å²) >= 11 is 0. The zero-order valence-electron chi connectivity index (χ0n) is 7.56. The molecule has 1 aromatic rings. The molecule has 0 amide bonds. The van der Waals surface area contributed by atoms with E-state index in [0.717, 1.165) is 13.2 Å². The molecule has 0 saturated heterocycles. The van der Waals surface area contributed by atoms with Crippen molar-refractivity contribution in [3.05, 3.63) is 29.3 Å². The molecule has 15 heavy (non-hydrogen) atoms. The summed E-state index contributed by atoms with van der Waals surface area (Å²) in [6.07, 6.45) is -3.46. The second-order valence-corrected chi connectivity index (χ2v) is 2.60. The summed E-state index contributed by atoms with van der Waals surface area (Å²) in [4.78, 5) is 10.8. The maximum Gasteiger partial charge on any atom is 0.300 e. The SMILES string of the molecule is COc1ccc(F)c(C(=O)C(F)F)c1F. The molecule has 82 valence electrons. The van der Waals surface area contributed by atoms with E-state index < -0.39 is 35.2 Å². The van der Waals surface area contributed by atoms with Crippen LogP contribution in [-0.2, 0) is 0 Å². The van der Waals surface area contributed by atoms with Crippen molar-refractivity contribution in [3.63, 3.8) is 0 Å². The predicted octanol–water partition coefficient (Wildman–Crippen LogP) is 2.42. The number of ether oxygens (including phenoxy) is 1. The first-order valence-corrected chi connectivity index (χ1v) is 3.83. The third kappa shape index (κ3) is 2.08. The molecule has 0 unspecified atom stereocenters. The van der Waals surface area contributed by atoms with Crippen molar-refractivity contribution in [1.82, 2.24) is 0 Å². The standard InChI is InChI=1S/C9H6F4O2/c1-15-5-3-2-4(10)6(7(5)11)8(14)9(12)13/h2-3,9H,1H3. The minimum absolute atomic E-state index is 0.458. The summed E-state index contributed by atoms with van der Waals surface area (Å²) in [6, 6.07) is 1.60. The highest BCUT2D eigenvalue weighted by Gasteiger charge is 2.27. The highest BCUT2D eigenvalue weighted by molar-refractivity contribution is 5.99. The summed E-state index contributed by atoms with van der Waals surface area (Å²) in [5, 5.41) is 0. The fraction of sp³-hybridized carbons (Fsp3) is 0.222. The molecular weight excluding hydrogens is 216 g/mol. The first-order chi connectivity index (χ1) is 6.99. The molecule has 0 atom stereocenters. The van der Waals surface area contributed by atoms with Crippen molar-refractivity contribution in [1.29, 1.82) is 0 Å². The molecule has 0 bridgehead atoms. The lowest BCUT2D eigenvalue weighted by atomic mass is 10.1. The number of ketones is 1. The number of methoxy groups -OCH3 is 1. The number of carbonyl (C=O) groups excluding carboxylic acids is 1. The van der Waals surface area contributed by atoms with E-state index in [4.69, 9.17) is 0 Å². The largest absolute Gasteiger partial charge is 0.494 e. The van der Waals surface area contributed by atoms with E-state index in [0.29, 0.717) is 6.07 Å². The lowest BCUT2D eigenvalue weighted by Gasteiger charge is -2.07. The third-order valence-electron chi connectivity index (χ3n) is 1.72. The highest BCUT2D eigenvalue weighted by Crippen LogP contribution is 2.24. The molecule has 0 radical (unpaired) electrons. The summed E-state index contributed by atoms with van der Waals surface area (Å²) in [5.74, 6) is -5.11. The van der Waals surface area contributed by atoms with Crippen molar-refractivity contribution in [2.45, 2.75) is 6.43 Å². The van der Waals surface area contributed by atoms with E-state index in [1.807, 2.05) is 0 Å². The van der Waals surface area contributed by atoms with Crippen LogP contribution in [0, 0.1) is 11.6 Å². The van der Waals surface area contributed by atoms with Gasteiger partial charge in [0.1, 0.15) is 5.82 Å². The number of hydrogen-bond donors (Lipinski definition) is 0. The van der Waals surface area contributed by atoms with Gasteiger partial charge in [-0.15, -0.1) is 0 Å². The Labute approximate surface area is 82.5 Å². The first-order valence-electron chi connectivity index (χ1n) is 3.83. The van der Waals surface area contributed by atoms with E-state index in [2.05, 4.69) is 4.74 Å². The Morgan fingerprint density at radius 2 is 1.93 bits per heavy atom. The Hall–Kier alpha value is -1.59. The van der Waals surface area contributed by atoms with E-state index in [9.17, 15) is 22.4 Å². The van der Waals surface area contributed by atoms with Crippen LogP contribution in [0.15, 0.2) is 12.1 Å². The topological polar surface area (TPSA) is 26.3 Å². The molecular formula is C9H6F4O2. The molecule has 0 fully saturated rings. The van der Waals surface area contributed by atoms with Crippen LogP contribution in [0.2, 0.25) is 0 Å². The van der Waals surface area contributed by atoms with Gasteiger partial charge < -0.3 is 4.74 Å². The minimum atomic E-state index is -3.46. The molecule has 0 heterocycles. The Morgan fingerprint density at radius 3 is 2.40 bits per heavy atom. The smallest absolute Gasteiger partial charge is 0.300 e. The van der Waals surface area contributed by atoms with Gasteiger partial charge in [0.05, 0.1) is 12.7 Å². The molecule has 1 rings (SSSR count). The second kappa shape index (κ2) is 4.29. The van der Waals surface area contributed by atoms with Crippen LogP contribution in [-0.4, -0.2) is 19.3 Å². The van der Waals surface area contributed by atoms with Gasteiger partial charge in [-0.2, -0.15) is 0 Å². The summed E-state index contributed by atoms with van der Waals surface area (Å²) in [6.45, 7) is 0. The zero-order chi connectivity index (χ0) is 11.6. The van der Waals surface area contributed by atoms with Gasteiger partial charge in [-0.3, -0.25) is 4.79 Å². The van der Waals surface area contributed by atoms with E-state index >= 15 is 0 Å². The van der Waals surface area contributed by atoms with Crippen molar-refractivity contribution in [3.8, 4) is 5.75 Å². The third-order valence-corrected chi connectivity index (χ3v) is 1.72. The Morgan fingerprint density at radius 1 is 1.33 bits per heavy atom. The van der Waals surface area contributed by atoms with Gasteiger partial charge in [0, 0.05) is 0 Å². The maximum absolute atomic E-state index is 13.2. The molecule has 1 aromatic carbocycles. The number of hydrogen-bond acceptors (Lipinski definition) is 2. The lowest BCUT2D eigenvalue weighted by molar-refractivity contribution is 0.0668. The Balaban J connectivity index is 3.33. The number of carbonyl (C=O) groups is 1. The first kappa shape index (κ1) is 11.5. The van der Waals surface area contributed by atoms with Gasteiger partial charge in [-0.25, -0.2) is 17.6 Å². The zero-order valence-corrected chi connectivity index (χ0v) is 7.56. The van der Waals surface area contributed by atoms with Gasteiger partial charge in [-0.1, -0.05) is 0 Å². The average molecular weight is 222 g/mol. The second-order valence-electron chi connectivity index (χ2n) is 2.60. The number of halogens is 4. The van der Waals surface area contributed by atoms with Crippen LogP contribution in [0.5, 0.6) is 5.75 Å². The van der Waals surface area contributed by atoms with Gasteiger partial charge >= 0.3 is 6.43 Å². The van der Waals surface area contributed by atoms with Gasteiger partial charge in [0.15, 0.2) is 11.6 Å². The fourth-order valence-corrected chi connectivity index (χ4v) is 1.03. The van der Waals surface area contributed by atoms with Crippen molar-refractivity contribution in [2.75, 3.05) is 7.11 Å². The molecule has 0 saturated carbocycles. The molecule has 0 spiro atoms. The average Bonchev–Trinajstić information content (AvgIpc) is 2.17. The van der Waals surface area contributed by atoms with Gasteiger partial charge in [0.2, 0.25) is 5.78 Å². The highest BCUT2D eigenvalue weighted by atomic mass is 19.3. The fourth-order valence-electron chi connectivity index (χ4n) is 1.03. The lowest BCUT2D eigenvalue weighted by Crippen LogP contribution is -2.15. The van der Waals surface area contributed by atoms with Crippen molar-refractivity contribution in [2.24, 2.45) is 0 Å². The normalized spacial score (nSPS) is 10.5. The van der Waals surface area contributed by atoms with Crippen LogP contribution in [0.1, 0.15) is 10.4 Å². The molecule has 6 heteroatoms. The van der Waals surface area contributed by atoms with Crippen LogP contribution in [0.4, 0.5) is 17.6 Å². The molecule has 0 N–H and O–H groups in total. The van der Waals surface area contributed by atoms with Crippen molar-refractivity contribution >= 4 is 5.78 Å². The quantitative estimate of drug-likeness (QED) is 0.579. The van der Waals surface area contributed by atoms with Crippen molar-refractivity contribution < 1.29 is 27.1 Å². The summed E-state index contributed by atoms with van der Waals surface area (Å²) < 4.78 is 54.6.